The molecule has 4 rings (SSSR count). The molecule has 0 aliphatic carbocycles. The van der Waals surface area contributed by atoms with Crippen LogP contribution in [0.2, 0.25) is 0 Å². The molecule has 0 radical (unpaired) electrons. The quantitative estimate of drug-likeness (QED) is 0.494. The summed E-state index contributed by atoms with van der Waals surface area (Å²) in [7, 11) is 1.68. The van der Waals surface area contributed by atoms with Crippen LogP contribution in [0.3, 0.4) is 0 Å². The number of hydrogen-bond donors (Lipinski definition) is 1. The van der Waals surface area contributed by atoms with E-state index in [0.717, 1.165) is 51.2 Å². The van der Waals surface area contributed by atoms with E-state index < -0.39 is 0 Å². The molecule has 0 spiro atoms. The van der Waals surface area contributed by atoms with Crippen molar-refractivity contribution in [3.63, 3.8) is 0 Å². The summed E-state index contributed by atoms with van der Waals surface area (Å²) in [5, 5.41) is 8.21. The molecule has 2 aromatic carbocycles. The molecule has 0 amide bonds. The van der Waals surface area contributed by atoms with Gasteiger partial charge in [0.2, 0.25) is 0 Å². The molecule has 0 aliphatic rings. The molecular formula is C23H24N4O2. The van der Waals surface area contributed by atoms with Crippen molar-refractivity contribution in [1.29, 1.82) is 0 Å². The van der Waals surface area contributed by atoms with Gasteiger partial charge in [-0.25, -0.2) is 4.98 Å². The Morgan fingerprint density at radius 1 is 1.03 bits per heavy atom. The Hall–Kier alpha value is -3.54. The Kier molecular flexibility index (Phi) is 5.08. The molecule has 6 heteroatoms. The standard InChI is InChI=1S/C23H24N4O2/c1-5-29-18-12-10-17(11-13-18)25-21-14-15(2)24-23-22(16(3)26-27(21)23)19-8-6-7-9-20(19)28-4/h6-14,25H,5H2,1-4H3. The summed E-state index contributed by atoms with van der Waals surface area (Å²) in [5.74, 6) is 2.50. The van der Waals surface area contributed by atoms with Gasteiger partial charge in [-0.05, 0) is 51.1 Å². The highest BCUT2D eigenvalue weighted by atomic mass is 16.5. The highest BCUT2D eigenvalue weighted by Crippen LogP contribution is 2.35. The number of methoxy groups -OCH3 is 1. The molecule has 29 heavy (non-hydrogen) atoms. The lowest BCUT2D eigenvalue weighted by atomic mass is 10.1. The lowest BCUT2D eigenvalue weighted by Gasteiger charge is -2.11. The number of nitrogens with zero attached hydrogens (tertiary/aromatic N) is 3. The first kappa shape index (κ1) is 18.8. The molecule has 0 saturated carbocycles. The fraction of sp³-hybridized carbons (Fsp3) is 0.217. The molecular weight excluding hydrogens is 364 g/mol. The number of rotatable bonds is 6. The van der Waals surface area contributed by atoms with Crippen molar-refractivity contribution >= 4 is 17.2 Å². The second kappa shape index (κ2) is 7.83. The molecule has 0 bridgehead atoms. The summed E-state index contributed by atoms with van der Waals surface area (Å²) in [4.78, 5) is 4.77. The largest absolute Gasteiger partial charge is 0.496 e. The van der Waals surface area contributed by atoms with E-state index in [0.29, 0.717) is 6.61 Å². The monoisotopic (exact) mass is 388 g/mol. The molecule has 0 atom stereocenters. The van der Waals surface area contributed by atoms with E-state index in [9.17, 15) is 0 Å². The SMILES string of the molecule is CCOc1ccc(Nc2cc(C)nc3c(-c4ccccc4OC)c(C)nn23)cc1. The second-order valence-electron chi connectivity index (χ2n) is 6.76. The normalized spacial score (nSPS) is 10.9. The fourth-order valence-corrected chi connectivity index (χ4v) is 3.45. The van der Waals surface area contributed by atoms with Gasteiger partial charge in [-0.3, -0.25) is 0 Å². The summed E-state index contributed by atoms with van der Waals surface area (Å²) in [5.41, 5.74) is 5.49. The summed E-state index contributed by atoms with van der Waals surface area (Å²) in [6, 6.07) is 17.8. The zero-order chi connectivity index (χ0) is 20.4. The molecule has 0 saturated heterocycles. The highest BCUT2D eigenvalue weighted by molar-refractivity contribution is 5.84. The fourth-order valence-electron chi connectivity index (χ4n) is 3.45. The lowest BCUT2D eigenvalue weighted by Crippen LogP contribution is -2.03. The first-order chi connectivity index (χ1) is 14.1. The lowest BCUT2D eigenvalue weighted by molar-refractivity contribution is 0.340. The van der Waals surface area contributed by atoms with Crippen molar-refractivity contribution in [3.8, 4) is 22.6 Å². The van der Waals surface area contributed by atoms with E-state index in [1.165, 1.54) is 0 Å². The third kappa shape index (κ3) is 3.61. The minimum Gasteiger partial charge on any atom is -0.496 e. The van der Waals surface area contributed by atoms with Crippen LogP contribution in [0.4, 0.5) is 11.5 Å². The maximum absolute atomic E-state index is 5.57. The van der Waals surface area contributed by atoms with E-state index in [-0.39, 0.29) is 0 Å². The number of fused-ring (bicyclic) bond motifs is 1. The minimum atomic E-state index is 0.648. The first-order valence-corrected chi connectivity index (χ1v) is 9.61. The third-order valence-corrected chi connectivity index (χ3v) is 4.71. The number of hydrogen-bond acceptors (Lipinski definition) is 5. The van der Waals surface area contributed by atoms with Crippen LogP contribution in [0.25, 0.3) is 16.8 Å². The van der Waals surface area contributed by atoms with Gasteiger partial charge in [0.1, 0.15) is 17.3 Å². The number of anilines is 2. The van der Waals surface area contributed by atoms with E-state index in [1.54, 1.807) is 7.11 Å². The predicted molar refractivity (Wildman–Crippen MR) is 115 cm³/mol. The van der Waals surface area contributed by atoms with Crippen LogP contribution >= 0.6 is 0 Å². The van der Waals surface area contributed by atoms with Gasteiger partial charge in [0, 0.05) is 23.0 Å². The van der Waals surface area contributed by atoms with Crippen LogP contribution in [-0.2, 0) is 0 Å². The predicted octanol–water partition coefficient (Wildman–Crippen LogP) is 5.16. The topological polar surface area (TPSA) is 60.7 Å². The van der Waals surface area contributed by atoms with Crippen molar-refractivity contribution in [2.24, 2.45) is 0 Å². The van der Waals surface area contributed by atoms with Crippen LogP contribution in [0.5, 0.6) is 11.5 Å². The van der Waals surface area contributed by atoms with Gasteiger partial charge in [0.15, 0.2) is 5.65 Å². The smallest absolute Gasteiger partial charge is 0.165 e. The molecule has 0 unspecified atom stereocenters. The second-order valence-corrected chi connectivity index (χ2v) is 6.76. The molecule has 6 nitrogen and oxygen atoms in total. The number of para-hydroxylation sites is 1. The Bertz CT molecular complexity index is 1150. The van der Waals surface area contributed by atoms with Crippen LogP contribution in [-0.4, -0.2) is 28.3 Å². The van der Waals surface area contributed by atoms with Crippen LogP contribution < -0.4 is 14.8 Å². The van der Waals surface area contributed by atoms with Crippen molar-refractivity contribution in [2.75, 3.05) is 19.0 Å². The molecule has 0 aliphatic heterocycles. The molecule has 1 N–H and O–H groups in total. The van der Waals surface area contributed by atoms with Gasteiger partial charge in [0.05, 0.1) is 25.0 Å². The molecule has 2 aromatic heterocycles. The van der Waals surface area contributed by atoms with Crippen LogP contribution in [0.15, 0.2) is 54.6 Å². The van der Waals surface area contributed by atoms with Gasteiger partial charge in [-0.15, -0.1) is 0 Å². The summed E-state index contributed by atoms with van der Waals surface area (Å²) in [6.07, 6.45) is 0. The van der Waals surface area contributed by atoms with E-state index in [2.05, 4.69) is 5.32 Å². The molecule has 2 heterocycles. The Morgan fingerprint density at radius 2 is 1.79 bits per heavy atom. The van der Waals surface area contributed by atoms with E-state index >= 15 is 0 Å². The van der Waals surface area contributed by atoms with Gasteiger partial charge < -0.3 is 14.8 Å². The first-order valence-electron chi connectivity index (χ1n) is 9.61. The molecule has 148 valence electrons. The number of nitrogens with one attached hydrogen (secondary N) is 1. The van der Waals surface area contributed by atoms with Crippen molar-refractivity contribution < 1.29 is 9.47 Å². The minimum absolute atomic E-state index is 0.648. The van der Waals surface area contributed by atoms with E-state index in [1.807, 2.05) is 79.9 Å². The van der Waals surface area contributed by atoms with E-state index in [4.69, 9.17) is 19.6 Å². The number of aromatic nitrogens is 3. The zero-order valence-corrected chi connectivity index (χ0v) is 17.1. The number of benzene rings is 2. The van der Waals surface area contributed by atoms with Crippen molar-refractivity contribution in [1.82, 2.24) is 14.6 Å². The van der Waals surface area contributed by atoms with Crippen molar-refractivity contribution in [3.05, 3.63) is 66.0 Å². The van der Waals surface area contributed by atoms with Gasteiger partial charge in [-0.1, -0.05) is 18.2 Å². The Morgan fingerprint density at radius 3 is 2.52 bits per heavy atom. The van der Waals surface area contributed by atoms with Gasteiger partial charge in [-0.2, -0.15) is 9.61 Å². The maximum Gasteiger partial charge on any atom is 0.165 e. The summed E-state index contributed by atoms with van der Waals surface area (Å²) >= 11 is 0. The average Bonchev–Trinajstić information content (AvgIpc) is 3.05. The maximum atomic E-state index is 5.57. The number of aryl methyl sites for hydroxylation is 2. The van der Waals surface area contributed by atoms with Gasteiger partial charge >= 0.3 is 0 Å². The number of ether oxygens (including phenoxy) is 2. The Labute approximate surface area is 170 Å². The zero-order valence-electron chi connectivity index (χ0n) is 17.1. The molecule has 0 fully saturated rings. The van der Waals surface area contributed by atoms with Crippen LogP contribution in [0, 0.1) is 13.8 Å². The molecule has 4 aromatic rings. The Balaban J connectivity index is 1.81. The summed E-state index contributed by atoms with van der Waals surface area (Å²) < 4.78 is 12.9. The third-order valence-electron chi connectivity index (χ3n) is 4.71. The highest BCUT2D eigenvalue weighted by Gasteiger charge is 2.18. The van der Waals surface area contributed by atoms with Crippen LogP contribution in [0.1, 0.15) is 18.3 Å². The van der Waals surface area contributed by atoms with Gasteiger partial charge in [0.25, 0.3) is 0 Å². The van der Waals surface area contributed by atoms with Crippen molar-refractivity contribution in [2.45, 2.75) is 20.8 Å². The average molecular weight is 388 g/mol. The summed E-state index contributed by atoms with van der Waals surface area (Å²) in [6.45, 7) is 6.60.